The summed E-state index contributed by atoms with van der Waals surface area (Å²) >= 11 is 0. The third kappa shape index (κ3) is 3.20. The zero-order valence-corrected chi connectivity index (χ0v) is 21.1. The summed E-state index contributed by atoms with van der Waals surface area (Å²) in [6.45, 7) is 6.73. The Bertz CT molecular complexity index is 1060. The van der Waals surface area contributed by atoms with Gasteiger partial charge in [-0.25, -0.2) is 4.79 Å². The lowest BCUT2D eigenvalue weighted by Crippen LogP contribution is -2.75. The van der Waals surface area contributed by atoms with Crippen LogP contribution in [0.15, 0.2) is 23.5 Å². The van der Waals surface area contributed by atoms with Crippen LogP contribution in [0.25, 0.3) is 0 Å². The van der Waals surface area contributed by atoms with E-state index >= 15 is 0 Å². The average Bonchev–Trinajstić information content (AvgIpc) is 3.59. The van der Waals surface area contributed by atoms with Gasteiger partial charge in [-0.15, -0.1) is 0 Å². The van der Waals surface area contributed by atoms with E-state index in [-0.39, 0.29) is 19.1 Å². The van der Waals surface area contributed by atoms with Gasteiger partial charge in [0.15, 0.2) is 17.6 Å². The van der Waals surface area contributed by atoms with Gasteiger partial charge in [0.05, 0.1) is 36.9 Å². The smallest absolute Gasteiger partial charge is 0.337 e. The summed E-state index contributed by atoms with van der Waals surface area (Å²) in [5.41, 5.74) is 0.858. The van der Waals surface area contributed by atoms with Gasteiger partial charge >= 0.3 is 5.97 Å². The minimum Gasteiger partial charge on any atom is -0.497 e. The second-order valence-corrected chi connectivity index (χ2v) is 10.9. The van der Waals surface area contributed by atoms with Crippen LogP contribution in [0.4, 0.5) is 0 Å². The molecule has 1 N–H and O–H groups in total. The van der Waals surface area contributed by atoms with Crippen molar-refractivity contribution in [1.29, 1.82) is 0 Å². The predicted molar refractivity (Wildman–Crippen MR) is 130 cm³/mol. The van der Waals surface area contributed by atoms with Gasteiger partial charge in [-0.05, 0) is 63.1 Å². The quantitative estimate of drug-likeness (QED) is 0.426. The lowest BCUT2D eigenvalue weighted by molar-refractivity contribution is -0.176. The second kappa shape index (κ2) is 8.41. The van der Waals surface area contributed by atoms with Gasteiger partial charge in [0, 0.05) is 24.6 Å². The zero-order chi connectivity index (χ0) is 24.4. The molecule has 1 aromatic rings. The average molecular weight is 484 g/mol. The maximum atomic E-state index is 13.1. The molecule has 7 heteroatoms. The third-order valence-corrected chi connectivity index (χ3v) is 8.98. The van der Waals surface area contributed by atoms with E-state index in [0.29, 0.717) is 23.9 Å². The molecule has 0 radical (unpaired) electrons. The van der Waals surface area contributed by atoms with Crippen LogP contribution < -0.4 is 9.47 Å². The van der Waals surface area contributed by atoms with E-state index in [4.69, 9.17) is 18.9 Å². The van der Waals surface area contributed by atoms with Gasteiger partial charge in [-0.2, -0.15) is 0 Å². The summed E-state index contributed by atoms with van der Waals surface area (Å²) in [5, 5.41) is 12.8. The number of ether oxygens (including phenoxy) is 4. The molecule has 3 aliphatic carbocycles. The number of likely N-dealkylation sites (tertiary alicyclic amines) is 1. The number of carbonyl (C=O) groups is 1. The van der Waals surface area contributed by atoms with Gasteiger partial charge in [0.25, 0.3) is 0 Å². The van der Waals surface area contributed by atoms with E-state index in [2.05, 4.69) is 17.9 Å². The second-order valence-electron chi connectivity index (χ2n) is 10.9. The highest BCUT2D eigenvalue weighted by Crippen LogP contribution is 2.66. The number of carbonyl (C=O) groups excluding carboxylic acids is 1. The normalized spacial score (nSPS) is 32.7. The van der Waals surface area contributed by atoms with Crippen molar-refractivity contribution in [3.8, 4) is 11.5 Å². The number of hydrogen-bond acceptors (Lipinski definition) is 7. The van der Waals surface area contributed by atoms with Crippen molar-refractivity contribution in [2.45, 2.75) is 82.0 Å². The van der Waals surface area contributed by atoms with E-state index < -0.39 is 23.1 Å². The number of hydrogen-bond donors (Lipinski definition) is 1. The highest BCUT2D eigenvalue weighted by molar-refractivity contribution is 5.90. The molecule has 0 unspecified atom stereocenters. The summed E-state index contributed by atoms with van der Waals surface area (Å²) in [5.74, 6) is 2.22. The number of unbranched alkanes of at least 4 members (excludes halogenated alkanes) is 1. The van der Waals surface area contributed by atoms with Crippen molar-refractivity contribution < 1.29 is 28.8 Å². The number of rotatable bonds is 9. The molecule has 6 rings (SSSR count). The van der Waals surface area contributed by atoms with Crippen molar-refractivity contribution in [1.82, 2.24) is 4.90 Å². The van der Waals surface area contributed by atoms with Crippen molar-refractivity contribution in [3.05, 3.63) is 34.6 Å². The highest BCUT2D eigenvalue weighted by atomic mass is 16.6. The van der Waals surface area contributed by atoms with Gasteiger partial charge in [-0.1, -0.05) is 19.4 Å². The van der Waals surface area contributed by atoms with E-state index in [0.717, 1.165) is 55.8 Å². The number of benzene rings is 1. The topological polar surface area (TPSA) is 77.5 Å². The zero-order valence-electron chi connectivity index (χ0n) is 21.1. The van der Waals surface area contributed by atoms with E-state index in [1.165, 1.54) is 18.4 Å². The van der Waals surface area contributed by atoms with Gasteiger partial charge < -0.3 is 24.1 Å². The minimum atomic E-state index is -1.16. The Morgan fingerprint density at radius 2 is 2.11 bits per heavy atom. The molecule has 2 heterocycles. The van der Waals surface area contributed by atoms with Gasteiger partial charge in [0.2, 0.25) is 0 Å². The first-order valence-electron chi connectivity index (χ1n) is 13.3. The lowest BCUT2D eigenvalue weighted by Gasteiger charge is -2.62. The number of esters is 1. The molecule has 1 aromatic carbocycles. The molecule has 5 aliphatic rings. The van der Waals surface area contributed by atoms with Crippen LogP contribution in [0, 0.1) is 5.92 Å². The van der Waals surface area contributed by atoms with Gasteiger partial charge in [-0.3, -0.25) is 4.90 Å². The molecule has 0 amide bonds. The number of methoxy groups -OCH3 is 1. The molecule has 2 aliphatic heterocycles. The van der Waals surface area contributed by atoms with Crippen LogP contribution in [0.3, 0.4) is 0 Å². The molecule has 1 spiro atoms. The Kier molecular flexibility index (Phi) is 5.57. The molecule has 7 nitrogen and oxygen atoms in total. The fraction of sp³-hybridized carbons (Fsp3) is 0.679. The molecular formula is C28H37NO6. The van der Waals surface area contributed by atoms with Crippen molar-refractivity contribution in [2.24, 2.45) is 5.92 Å². The molecule has 1 saturated heterocycles. The number of aliphatic hydroxyl groups is 1. The Balaban J connectivity index is 1.52. The van der Waals surface area contributed by atoms with E-state index in [9.17, 15) is 9.90 Å². The minimum absolute atomic E-state index is 0.0870. The standard InChI is InChI=1S/C28H37NO6/c1-4-6-13-34-20-10-9-18-14-21-28(31)15-19(26(30)33-5-2)23(32-3)25-27(28,22(18)24(20)35-25)11-12-29(21)16-17-7-8-17/h9-10,17,21,25,31H,4-8,11-16H2,1-3H3/t21-,25+,27+,28-/m1/s1. The molecule has 1 saturated carbocycles. The Morgan fingerprint density at radius 3 is 2.83 bits per heavy atom. The molecule has 2 bridgehead atoms. The van der Waals surface area contributed by atoms with Crippen molar-refractivity contribution in [3.63, 3.8) is 0 Å². The Morgan fingerprint density at radius 1 is 1.29 bits per heavy atom. The molecule has 35 heavy (non-hydrogen) atoms. The molecule has 0 aromatic heterocycles. The van der Waals surface area contributed by atoms with Crippen molar-refractivity contribution in [2.75, 3.05) is 33.4 Å². The SMILES string of the molecule is CCCCOc1ccc2c3c1O[C@H]1C(OC)=C(C(=O)OCC)C[C@@]4(O)[C@@H](C2)N(CC2CC2)CC[C@]314. The largest absolute Gasteiger partial charge is 0.497 e. The first kappa shape index (κ1) is 23.2. The first-order chi connectivity index (χ1) is 17.0. The van der Waals surface area contributed by atoms with Crippen LogP contribution in [0.5, 0.6) is 11.5 Å². The van der Waals surface area contributed by atoms with Gasteiger partial charge in [0.1, 0.15) is 5.76 Å². The van der Waals surface area contributed by atoms with Crippen LogP contribution in [0.2, 0.25) is 0 Å². The highest BCUT2D eigenvalue weighted by Gasteiger charge is 2.73. The number of piperidine rings is 1. The third-order valence-electron chi connectivity index (χ3n) is 8.98. The van der Waals surface area contributed by atoms with Crippen LogP contribution >= 0.6 is 0 Å². The van der Waals surface area contributed by atoms with Crippen LogP contribution in [-0.4, -0.2) is 67.1 Å². The molecule has 190 valence electrons. The maximum Gasteiger partial charge on any atom is 0.337 e. The van der Waals surface area contributed by atoms with Crippen LogP contribution in [-0.2, 0) is 26.1 Å². The molecule has 2 fully saturated rings. The summed E-state index contributed by atoms with van der Waals surface area (Å²) < 4.78 is 24.2. The Hall–Kier alpha value is -2.25. The van der Waals surface area contributed by atoms with Crippen LogP contribution in [0.1, 0.15) is 63.5 Å². The fourth-order valence-corrected chi connectivity index (χ4v) is 7.21. The lowest BCUT2D eigenvalue weighted by atomic mass is 9.49. The van der Waals surface area contributed by atoms with Crippen molar-refractivity contribution >= 4 is 5.97 Å². The number of nitrogens with zero attached hydrogens (tertiary/aromatic N) is 1. The predicted octanol–water partition coefficient (Wildman–Crippen LogP) is 3.50. The summed E-state index contributed by atoms with van der Waals surface area (Å²) in [7, 11) is 1.59. The molecule has 4 atom stereocenters. The monoisotopic (exact) mass is 483 g/mol. The fourth-order valence-electron chi connectivity index (χ4n) is 7.21. The summed E-state index contributed by atoms with van der Waals surface area (Å²) in [6.07, 6.45) is 5.64. The summed E-state index contributed by atoms with van der Waals surface area (Å²) in [4.78, 5) is 15.6. The molecular weight excluding hydrogens is 446 g/mol. The maximum absolute atomic E-state index is 13.1. The Labute approximate surface area is 207 Å². The van der Waals surface area contributed by atoms with E-state index in [1.54, 1.807) is 14.0 Å². The first-order valence-corrected chi connectivity index (χ1v) is 13.3. The van der Waals surface area contributed by atoms with E-state index in [1.807, 2.05) is 6.07 Å². The summed E-state index contributed by atoms with van der Waals surface area (Å²) in [6, 6.07) is 4.10.